The Morgan fingerprint density at radius 3 is 2.59 bits per heavy atom. The maximum Gasteiger partial charge on any atom is 0.271 e. The molecule has 1 N–H and O–H groups in total. The molecule has 4 aromatic rings. The molecule has 1 aliphatic rings. The van der Waals surface area contributed by atoms with Gasteiger partial charge in [0.1, 0.15) is 0 Å². The predicted molar refractivity (Wildman–Crippen MR) is 144 cm³/mol. The molecule has 1 amide bonds. The van der Waals surface area contributed by atoms with Crippen molar-refractivity contribution in [3.8, 4) is 0 Å². The van der Waals surface area contributed by atoms with E-state index in [9.17, 15) is 4.79 Å². The van der Waals surface area contributed by atoms with Crippen molar-refractivity contribution in [3.05, 3.63) is 104 Å². The first-order chi connectivity index (χ1) is 16.3. The van der Waals surface area contributed by atoms with Crippen LogP contribution in [0, 0.1) is 19.3 Å². The van der Waals surface area contributed by atoms with Crippen LogP contribution in [0.3, 0.4) is 0 Å². The second-order valence-electron chi connectivity index (χ2n) is 8.32. The van der Waals surface area contributed by atoms with Gasteiger partial charge in [0.15, 0.2) is 5.17 Å². The largest absolute Gasteiger partial charge is 0.342 e. The highest BCUT2D eigenvalue weighted by molar-refractivity contribution is 8.19. The molecule has 0 radical (unpaired) electrons. The zero-order valence-electron chi connectivity index (χ0n) is 18.6. The Balaban J connectivity index is 1.53. The van der Waals surface area contributed by atoms with Gasteiger partial charge >= 0.3 is 0 Å². The van der Waals surface area contributed by atoms with Crippen LogP contribution in [0.2, 0.25) is 10.0 Å². The summed E-state index contributed by atoms with van der Waals surface area (Å²) in [5.41, 5.74) is 5.79. The number of thioether (sulfide) groups is 1. The molecule has 0 bridgehead atoms. The number of anilines is 1. The smallest absolute Gasteiger partial charge is 0.271 e. The van der Waals surface area contributed by atoms with Crippen molar-refractivity contribution in [2.45, 2.75) is 20.4 Å². The molecule has 0 unspecified atom stereocenters. The number of aromatic nitrogens is 1. The number of nitrogens with zero attached hydrogens (tertiary/aromatic N) is 2. The number of hydrogen-bond acceptors (Lipinski definition) is 3. The van der Waals surface area contributed by atoms with Gasteiger partial charge in [-0.15, -0.1) is 0 Å². The molecule has 7 heteroatoms. The minimum absolute atomic E-state index is 0.176. The van der Waals surface area contributed by atoms with E-state index in [1.54, 1.807) is 6.07 Å². The van der Waals surface area contributed by atoms with Crippen molar-refractivity contribution < 1.29 is 4.79 Å². The van der Waals surface area contributed by atoms with E-state index >= 15 is 0 Å². The van der Waals surface area contributed by atoms with Crippen LogP contribution in [0.4, 0.5) is 5.69 Å². The third-order valence-corrected chi connectivity index (χ3v) is 7.50. The lowest BCUT2D eigenvalue weighted by atomic mass is 10.1. The van der Waals surface area contributed by atoms with E-state index in [1.807, 2.05) is 74.7 Å². The van der Waals surface area contributed by atoms with E-state index in [1.165, 1.54) is 16.7 Å². The molecule has 1 fully saturated rings. The van der Waals surface area contributed by atoms with Crippen LogP contribution in [0.5, 0.6) is 0 Å². The van der Waals surface area contributed by atoms with Crippen LogP contribution >= 0.6 is 35.0 Å². The molecule has 34 heavy (non-hydrogen) atoms. The van der Waals surface area contributed by atoms with Crippen molar-refractivity contribution in [3.63, 3.8) is 0 Å². The van der Waals surface area contributed by atoms with E-state index in [4.69, 9.17) is 28.6 Å². The fourth-order valence-electron chi connectivity index (χ4n) is 4.16. The van der Waals surface area contributed by atoms with Crippen molar-refractivity contribution in [2.24, 2.45) is 0 Å². The van der Waals surface area contributed by atoms with Gasteiger partial charge in [0.25, 0.3) is 5.91 Å². The summed E-state index contributed by atoms with van der Waals surface area (Å²) >= 11 is 13.5. The molecule has 2 heterocycles. The average Bonchev–Trinajstić information content (AvgIpc) is 3.29. The minimum Gasteiger partial charge on any atom is -0.342 e. The number of para-hydroxylation sites is 1. The zero-order valence-corrected chi connectivity index (χ0v) is 20.9. The third kappa shape index (κ3) is 4.16. The third-order valence-electron chi connectivity index (χ3n) is 5.87. The van der Waals surface area contributed by atoms with Gasteiger partial charge < -0.3 is 4.57 Å². The van der Waals surface area contributed by atoms with Crippen LogP contribution < -0.4 is 4.90 Å². The number of nitrogens with one attached hydrogen (secondary N) is 1. The number of aryl methyl sites for hydroxylation is 2. The SMILES string of the molecule is Cc1ccc(C)c(N2C(=N)SC(=Cc3cn(Cc4ccc(Cl)c(Cl)c4)c4ccccc34)C2=O)c1. The van der Waals surface area contributed by atoms with E-state index < -0.39 is 0 Å². The van der Waals surface area contributed by atoms with Gasteiger partial charge in [-0.25, -0.2) is 0 Å². The highest BCUT2D eigenvalue weighted by Crippen LogP contribution is 2.38. The number of carbonyl (C=O) groups excluding carboxylic acids is 1. The molecule has 0 atom stereocenters. The maximum atomic E-state index is 13.3. The molecule has 0 aliphatic carbocycles. The molecule has 0 saturated carbocycles. The number of hydrogen-bond donors (Lipinski definition) is 1. The van der Waals surface area contributed by atoms with Crippen LogP contribution in [-0.4, -0.2) is 15.6 Å². The molecular formula is C27H21Cl2N3OS. The lowest BCUT2D eigenvalue weighted by Crippen LogP contribution is -2.28. The summed E-state index contributed by atoms with van der Waals surface area (Å²) in [6.07, 6.45) is 3.93. The summed E-state index contributed by atoms with van der Waals surface area (Å²) in [6, 6.07) is 19.7. The lowest BCUT2D eigenvalue weighted by Gasteiger charge is -2.17. The molecule has 3 aromatic carbocycles. The average molecular weight is 506 g/mol. The number of halogens is 2. The van der Waals surface area contributed by atoms with E-state index in [2.05, 4.69) is 10.6 Å². The Kier molecular flexibility index (Phi) is 6.02. The van der Waals surface area contributed by atoms with Crippen molar-refractivity contribution >= 4 is 68.7 Å². The first-order valence-electron chi connectivity index (χ1n) is 10.7. The molecule has 5 rings (SSSR count). The van der Waals surface area contributed by atoms with Gasteiger partial charge in [0.05, 0.1) is 20.6 Å². The minimum atomic E-state index is -0.176. The van der Waals surface area contributed by atoms with Crippen LogP contribution in [-0.2, 0) is 11.3 Å². The number of fused-ring (bicyclic) bond motifs is 1. The Morgan fingerprint density at radius 2 is 1.79 bits per heavy atom. The predicted octanol–water partition coefficient (Wildman–Crippen LogP) is 7.67. The summed E-state index contributed by atoms with van der Waals surface area (Å²) in [7, 11) is 0. The standard InChI is InChI=1S/C27H21Cl2N3OS/c1-16-7-8-17(2)24(11-16)32-26(33)25(34-27(32)30)13-19-15-31(23-6-4-3-5-20(19)23)14-18-9-10-21(28)22(29)12-18/h3-13,15,30H,14H2,1-2H3. The highest BCUT2D eigenvalue weighted by Gasteiger charge is 2.34. The summed E-state index contributed by atoms with van der Waals surface area (Å²) in [5.74, 6) is -0.176. The number of amidine groups is 1. The Morgan fingerprint density at radius 1 is 1.00 bits per heavy atom. The molecular weight excluding hydrogens is 485 g/mol. The first kappa shape index (κ1) is 22.8. The topological polar surface area (TPSA) is 49.1 Å². The van der Waals surface area contributed by atoms with E-state index in [-0.39, 0.29) is 11.1 Å². The second-order valence-corrected chi connectivity index (χ2v) is 10.2. The van der Waals surface area contributed by atoms with Gasteiger partial charge in [-0.3, -0.25) is 15.1 Å². The van der Waals surface area contributed by atoms with Gasteiger partial charge in [-0.1, -0.05) is 59.6 Å². The molecule has 1 aliphatic heterocycles. The molecule has 170 valence electrons. The molecule has 4 nitrogen and oxygen atoms in total. The molecule has 1 saturated heterocycles. The van der Waals surface area contributed by atoms with Gasteiger partial charge in [0, 0.05) is 29.2 Å². The summed E-state index contributed by atoms with van der Waals surface area (Å²) in [5, 5.41) is 10.8. The quantitative estimate of drug-likeness (QED) is 0.289. The normalized spacial score (nSPS) is 15.2. The highest BCUT2D eigenvalue weighted by atomic mass is 35.5. The molecule has 0 spiro atoms. The van der Waals surface area contributed by atoms with Crippen LogP contribution in [0.1, 0.15) is 22.3 Å². The van der Waals surface area contributed by atoms with Crippen LogP contribution in [0.15, 0.2) is 71.8 Å². The van der Waals surface area contributed by atoms with Gasteiger partial charge in [-0.05, 0) is 72.6 Å². The van der Waals surface area contributed by atoms with Gasteiger partial charge in [-0.2, -0.15) is 0 Å². The summed E-state index contributed by atoms with van der Waals surface area (Å²) in [6.45, 7) is 4.56. The zero-order chi connectivity index (χ0) is 24.0. The molecule has 1 aromatic heterocycles. The number of amides is 1. The summed E-state index contributed by atoms with van der Waals surface area (Å²) in [4.78, 5) is 15.4. The number of carbonyl (C=O) groups is 1. The maximum absolute atomic E-state index is 13.3. The van der Waals surface area contributed by atoms with E-state index in [0.717, 1.165) is 38.8 Å². The number of benzene rings is 3. The summed E-state index contributed by atoms with van der Waals surface area (Å²) < 4.78 is 2.14. The van der Waals surface area contributed by atoms with Crippen molar-refractivity contribution in [2.75, 3.05) is 4.90 Å². The van der Waals surface area contributed by atoms with Crippen molar-refractivity contribution in [1.29, 1.82) is 5.41 Å². The number of rotatable bonds is 4. The lowest BCUT2D eigenvalue weighted by molar-refractivity contribution is -0.113. The monoisotopic (exact) mass is 505 g/mol. The first-order valence-corrected chi connectivity index (χ1v) is 12.3. The fraction of sp³-hybridized carbons (Fsp3) is 0.111. The fourth-order valence-corrected chi connectivity index (χ4v) is 5.33. The van der Waals surface area contributed by atoms with Crippen molar-refractivity contribution in [1.82, 2.24) is 4.57 Å². The van der Waals surface area contributed by atoms with E-state index in [0.29, 0.717) is 21.5 Å². The Bertz CT molecular complexity index is 1510. The Labute approximate surface area is 212 Å². The Hall–Kier alpha value is -2.99. The second kappa shape index (κ2) is 8.99. The van der Waals surface area contributed by atoms with Crippen LogP contribution in [0.25, 0.3) is 17.0 Å². The van der Waals surface area contributed by atoms with Gasteiger partial charge in [0.2, 0.25) is 0 Å².